The molecule has 0 atom stereocenters. The van der Waals surface area contributed by atoms with Crippen LogP contribution in [-0.4, -0.2) is 18.5 Å². The predicted octanol–water partition coefficient (Wildman–Crippen LogP) is 2.16. The van der Waals surface area contributed by atoms with Gasteiger partial charge in [0.15, 0.2) is 0 Å². The average Bonchev–Trinajstić information content (AvgIpc) is 2.80. The second-order valence-corrected chi connectivity index (χ2v) is 5.12. The van der Waals surface area contributed by atoms with E-state index in [1.54, 1.807) is 18.2 Å². The van der Waals surface area contributed by atoms with E-state index in [4.69, 9.17) is 23.1 Å². The van der Waals surface area contributed by atoms with Crippen molar-refractivity contribution in [2.45, 2.75) is 31.7 Å². The molecule has 0 radical (unpaired) electrons. The number of carbonyl (C=O) groups excluding carboxylic acids is 1. The highest BCUT2D eigenvalue weighted by Gasteiger charge is 2.26. The van der Waals surface area contributed by atoms with Crippen molar-refractivity contribution < 1.29 is 4.79 Å². The standard InChI is InChI=1S/C13H18ClN3O/c14-10-6-3-7-11(15)13(10)17(8-12(16)18)9-4-1-2-5-9/h3,6-7,9H,1-2,4-5,8,15H2,(H2,16,18). The SMILES string of the molecule is NC(=O)CN(c1c(N)cccc1Cl)C1CCCC1. The normalized spacial score (nSPS) is 15.8. The Kier molecular flexibility index (Phi) is 3.97. The van der Waals surface area contributed by atoms with Gasteiger partial charge in [0.1, 0.15) is 0 Å². The van der Waals surface area contributed by atoms with E-state index in [1.165, 1.54) is 12.8 Å². The molecular weight excluding hydrogens is 250 g/mol. The molecule has 18 heavy (non-hydrogen) atoms. The molecular formula is C13H18ClN3O. The van der Waals surface area contributed by atoms with Crippen molar-refractivity contribution in [3.8, 4) is 0 Å². The zero-order valence-electron chi connectivity index (χ0n) is 10.2. The van der Waals surface area contributed by atoms with Crippen molar-refractivity contribution in [2.75, 3.05) is 17.2 Å². The molecule has 98 valence electrons. The van der Waals surface area contributed by atoms with Crippen LogP contribution >= 0.6 is 11.6 Å². The van der Waals surface area contributed by atoms with E-state index in [0.717, 1.165) is 18.5 Å². The molecule has 4 nitrogen and oxygen atoms in total. The van der Waals surface area contributed by atoms with Crippen LogP contribution in [0.25, 0.3) is 0 Å². The highest BCUT2D eigenvalue weighted by molar-refractivity contribution is 6.34. The minimum absolute atomic E-state index is 0.165. The van der Waals surface area contributed by atoms with Crippen molar-refractivity contribution >= 4 is 28.9 Å². The van der Waals surface area contributed by atoms with Gasteiger partial charge in [-0.15, -0.1) is 0 Å². The maximum absolute atomic E-state index is 11.3. The predicted molar refractivity (Wildman–Crippen MR) is 74.7 cm³/mol. The average molecular weight is 268 g/mol. The number of nitrogens with zero attached hydrogens (tertiary/aromatic N) is 1. The molecule has 0 heterocycles. The quantitative estimate of drug-likeness (QED) is 0.821. The number of amides is 1. The lowest BCUT2D eigenvalue weighted by Gasteiger charge is -2.31. The summed E-state index contributed by atoms with van der Waals surface area (Å²) in [7, 11) is 0. The largest absolute Gasteiger partial charge is 0.397 e. The molecule has 0 saturated heterocycles. The third kappa shape index (κ3) is 2.70. The van der Waals surface area contributed by atoms with Gasteiger partial charge in [0.05, 0.1) is 22.9 Å². The second-order valence-electron chi connectivity index (χ2n) is 4.71. The summed E-state index contributed by atoms with van der Waals surface area (Å²) >= 11 is 6.21. The number of para-hydroxylation sites is 1. The summed E-state index contributed by atoms with van der Waals surface area (Å²) in [6, 6.07) is 5.69. The van der Waals surface area contributed by atoms with Crippen LogP contribution in [0.1, 0.15) is 25.7 Å². The molecule has 0 aromatic heterocycles. The van der Waals surface area contributed by atoms with Crippen LogP contribution < -0.4 is 16.4 Å². The number of rotatable bonds is 4. The fourth-order valence-electron chi connectivity index (χ4n) is 2.61. The summed E-state index contributed by atoms with van der Waals surface area (Å²) in [5.41, 5.74) is 12.7. The Hall–Kier alpha value is -1.42. The third-order valence-corrected chi connectivity index (χ3v) is 3.70. The van der Waals surface area contributed by atoms with Crippen molar-refractivity contribution in [3.05, 3.63) is 23.2 Å². The summed E-state index contributed by atoms with van der Waals surface area (Å²) in [4.78, 5) is 13.2. The van der Waals surface area contributed by atoms with Gasteiger partial charge in [0, 0.05) is 6.04 Å². The van der Waals surface area contributed by atoms with Crippen LogP contribution in [0.3, 0.4) is 0 Å². The van der Waals surface area contributed by atoms with Crippen LogP contribution in [0, 0.1) is 0 Å². The first-order valence-electron chi connectivity index (χ1n) is 6.18. The molecule has 0 aliphatic heterocycles. The molecule has 5 heteroatoms. The number of hydrogen-bond acceptors (Lipinski definition) is 3. The molecule has 0 spiro atoms. The van der Waals surface area contributed by atoms with E-state index in [0.29, 0.717) is 16.8 Å². The highest BCUT2D eigenvalue weighted by Crippen LogP contribution is 2.36. The zero-order chi connectivity index (χ0) is 13.1. The highest BCUT2D eigenvalue weighted by atomic mass is 35.5. The lowest BCUT2D eigenvalue weighted by atomic mass is 10.1. The van der Waals surface area contributed by atoms with E-state index >= 15 is 0 Å². The molecule has 1 aromatic carbocycles. The Morgan fingerprint density at radius 1 is 1.39 bits per heavy atom. The van der Waals surface area contributed by atoms with E-state index < -0.39 is 0 Å². The first-order valence-corrected chi connectivity index (χ1v) is 6.56. The van der Waals surface area contributed by atoms with Crippen LogP contribution in [0.2, 0.25) is 5.02 Å². The Morgan fingerprint density at radius 3 is 2.61 bits per heavy atom. The molecule has 1 fully saturated rings. The molecule has 1 aliphatic rings. The number of benzene rings is 1. The van der Waals surface area contributed by atoms with Crippen LogP contribution in [0.4, 0.5) is 11.4 Å². The number of halogens is 1. The van der Waals surface area contributed by atoms with Gasteiger partial charge in [-0.1, -0.05) is 30.5 Å². The Balaban J connectivity index is 2.35. The number of carbonyl (C=O) groups is 1. The molecule has 1 amide bonds. The molecule has 1 aliphatic carbocycles. The lowest BCUT2D eigenvalue weighted by molar-refractivity contribution is -0.116. The number of nitrogens with two attached hydrogens (primary N) is 2. The van der Waals surface area contributed by atoms with E-state index in [1.807, 2.05) is 4.90 Å². The molecule has 1 saturated carbocycles. The maximum atomic E-state index is 11.3. The van der Waals surface area contributed by atoms with Gasteiger partial charge in [-0.05, 0) is 25.0 Å². The van der Waals surface area contributed by atoms with Gasteiger partial charge >= 0.3 is 0 Å². The summed E-state index contributed by atoms with van der Waals surface area (Å²) in [6.45, 7) is 0.165. The summed E-state index contributed by atoms with van der Waals surface area (Å²) < 4.78 is 0. The van der Waals surface area contributed by atoms with Crippen molar-refractivity contribution in [1.82, 2.24) is 0 Å². The second kappa shape index (κ2) is 5.48. The molecule has 0 bridgehead atoms. The van der Waals surface area contributed by atoms with Gasteiger partial charge in [-0.3, -0.25) is 4.79 Å². The Labute approximate surface area is 112 Å². The first-order chi connectivity index (χ1) is 8.59. The third-order valence-electron chi connectivity index (χ3n) is 3.40. The molecule has 1 aromatic rings. The lowest BCUT2D eigenvalue weighted by Crippen LogP contribution is -2.40. The summed E-state index contributed by atoms with van der Waals surface area (Å²) in [5.74, 6) is -0.360. The summed E-state index contributed by atoms with van der Waals surface area (Å²) in [6.07, 6.45) is 4.45. The minimum atomic E-state index is -0.360. The number of hydrogen-bond donors (Lipinski definition) is 2. The number of anilines is 2. The topological polar surface area (TPSA) is 72.4 Å². The minimum Gasteiger partial charge on any atom is -0.397 e. The van der Waals surface area contributed by atoms with Crippen molar-refractivity contribution in [3.63, 3.8) is 0 Å². The van der Waals surface area contributed by atoms with E-state index in [9.17, 15) is 4.79 Å². The number of primary amides is 1. The Bertz CT molecular complexity index is 424. The van der Waals surface area contributed by atoms with E-state index in [-0.39, 0.29) is 12.5 Å². The fraction of sp³-hybridized carbons (Fsp3) is 0.462. The van der Waals surface area contributed by atoms with Gasteiger partial charge in [-0.25, -0.2) is 0 Å². The van der Waals surface area contributed by atoms with Crippen LogP contribution in [0.5, 0.6) is 0 Å². The smallest absolute Gasteiger partial charge is 0.236 e. The Morgan fingerprint density at radius 2 is 2.06 bits per heavy atom. The van der Waals surface area contributed by atoms with Gasteiger partial charge in [-0.2, -0.15) is 0 Å². The molecule has 2 rings (SSSR count). The maximum Gasteiger partial charge on any atom is 0.236 e. The molecule has 0 unspecified atom stereocenters. The van der Waals surface area contributed by atoms with Gasteiger partial charge < -0.3 is 16.4 Å². The first kappa shape index (κ1) is 13.0. The van der Waals surface area contributed by atoms with Gasteiger partial charge in [0.2, 0.25) is 5.91 Å². The molecule has 4 N–H and O–H groups in total. The van der Waals surface area contributed by atoms with E-state index in [2.05, 4.69) is 0 Å². The van der Waals surface area contributed by atoms with Gasteiger partial charge in [0.25, 0.3) is 0 Å². The van der Waals surface area contributed by atoms with Crippen molar-refractivity contribution in [1.29, 1.82) is 0 Å². The number of nitrogen functional groups attached to an aromatic ring is 1. The monoisotopic (exact) mass is 267 g/mol. The zero-order valence-corrected chi connectivity index (χ0v) is 11.0. The van der Waals surface area contributed by atoms with Crippen LogP contribution in [-0.2, 0) is 4.79 Å². The fourth-order valence-corrected chi connectivity index (χ4v) is 2.90. The summed E-state index contributed by atoms with van der Waals surface area (Å²) in [5, 5.41) is 0.572. The van der Waals surface area contributed by atoms with Crippen LogP contribution in [0.15, 0.2) is 18.2 Å². The van der Waals surface area contributed by atoms with Crippen molar-refractivity contribution in [2.24, 2.45) is 5.73 Å².